The number of hydrogen-bond donors (Lipinski definition) is 0. The zero-order valence-corrected chi connectivity index (χ0v) is 15.4. The van der Waals surface area contributed by atoms with Gasteiger partial charge in [0, 0.05) is 25.4 Å². The molecule has 0 unspecified atom stereocenters. The zero-order chi connectivity index (χ0) is 16.9. The van der Waals surface area contributed by atoms with Crippen molar-refractivity contribution < 1.29 is 0 Å². The first-order chi connectivity index (χ1) is 11.9. The molecular formula is C22H34N2. The Morgan fingerprint density at radius 1 is 0.792 bits per heavy atom. The molecule has 2 heteroatoms. The summed E-state index contributed by atoms with van der Waals surface area (Å²) in [6.45, 7) is 3.41. The standard InChI is InChI=1S/C22H34N2/c1-2-3-4-5-6-7-8-12-19-24-20-18-23-22(24)17-13-16-21-14-10-9-11-15-21/h9-11,14-15,18,20H,2-8,12-13,16-17,19H2,1H3. The van der Waals surface area contributed by atoms with Crippen LogP contribution >= 0.6 is 0 Å². The molecule has 1 aromatic heterocycles. The molecule has 0 radical (unpaired) electrons. The highest BCUT2D eigenvalue weighted by molar-refractivity contribution is 5.14. The van der Waals surface area contributed by atoms with Crippen LogP contribution in [0.15, 0.2) is 42.7 Å². The summed E-state index contributed by atoms with van der Waals surface area (Å²) >= 11 is 0. The number of unbranched alkanes of at least 4 members (excludes halogenated alkanes) is 7. The van der Waals surface area contributed by atoms with Crippen molar-refractivity contribution in [3.05, 3.63) is 54.1 Å². The molecule has 0 spiro atoms. The fourth-order valence-electron chi connectivity index (χ4n) is 3.28. The van der Waals surface area contributed by atoms with Crippen LogP contribution in [-0.4, -0.2) is 9.55 Å². The molecule has 2 rings (SSSR count). The highest BCUT2D eigenvalue weighted by atomic mass is 15.1. The minimum absolute atomic E-state index is 1.08. The summed E-state index contributed by atoms with van der Waals surface area (Å²) < 4.78 is 2.36. The van der Waals surface area contributed by atoms with E-state index in [1.807, 2.05) is 6.20 Å². The molecule has 2 aromatic rings. The van der Waals surface area contributed by atoms with Crippen molar-refractivity contribution in [3.63, 3.8) is 0 Å². The molecule has 0 fully saturated rings. The van der Waals surface area contributed by atoms with E-state index in [1.54, 1.807) is 0 Å². The molecule has 1 aromatic carbocycles. The molecule has 0 atom stereocenters. The molecule has 0 saturated carbocycles. The molecule has 0 N–H and O–H groups in total. The number of nitrogens with zero attached hydrogens (tertiary/aromatic N) is 2. The van der Waals surface area contributed by atoms with Gasteiger partial charge in [-0.15, -0.1) is 0 Å². The van der Waals surface area contributed by atoms with E-state index in [1.165, 1.54) is 69.2 Å². The lowest BCUT2D eigenvalue weighted by atomic mass is 10.1. The van der Waals surface area contributed by atoms with Crippen LogP contribution in [0.5, 0.6) is 0 Å². The van der Waals surface area contributed by atoms with Gasteiger partial charge in [-0.05, 0) is 24.8 Å². The minimum Gasteiger partial charge on any atom is -0.335 e. The predicted octanol–water partition coefficient (Wildman–Crippen LogP) is 6.20. The minimum atomic E-state index is 1.08. The fourth-order valence-corrected chi connectivity index (χ4v) is 3.28. The highest BCUT2D eigenvalue weighted by Crippen LogP contribution is 2.11. The normalized spacial score (nSPS) is 11.0. The molecule has 24 heavy (non-hydrogen) atoms. The Labute approximate surface area is 148 Å². The number of aryl methyl sites for hydroxylation is 3. The van der Waals surface area contributed by atoms with Crippen molar-refractivity contribution in [2.45, 2.75) is 84.1 Å². The van der Waals surface area contributed by atoms with Crippen LogP contribution in [0.2, 0.25) is 0 Å². The van der Waals surface area contributed by atoms with E-state index in [0.717, 1.165) is 19.4 Å². The van der Waals surface area contributed by atoms with Gasteiger partial charge in [0.05, 0.1) is 0 Å². The molecular weight excluding hydrogens is 292 g/mol. The molecule has 0 aliphatic rings. The van der Waals surface area contributed by atoms with Crippen molar-refractivity contribution in [1.82, 2.24) is 9.55 Å². The van der Waals surface area contributed by atoms with Gasteiger partial charge in [0.15, 0.2) is 0 Å². The molecule has 0 aliphatic carbocycles. The average Bonchev–Trinajstić information content (AvgIpc) is 3.06. The van der Waals surface area contributed by atoms with Gasteiger partial charge in [-0.3, -0.25) is 0 Å². The lowest BCUT2D eigenvalue weighted by molar-refractivity contribution is 0.532. The van der Waals surface area contributed by atoms with Crippen LogP contribution in [0.3, 0.4) is 0 Å². The summed E-state index contributed by atoms with van der Waals surface area (Å²) in [6, 6.07) is 10.8. The number of imidazole rings is 1. The first-order valence-corrected chi connectivity index (χ1v) is 9.94. The Balaban J connectivity index is 1.58. The lowest BCUT2D eigenvalue weighted by Gasteiger charge is -2.08. The summed E-state index contributed by atoms with van der Waals surface area (Å²) in [7, 11) is 0. The number of hydrogen-bond acceptors (Lipinski definition) is 1. The van der Waals surface area contributed by atoms with Gasteiger partial charge in [-0.1, -0.05) is 82.2 Å². The monoisotopic (exact) mass is 326 g/mol. The Morgan fingerprint density at radius 3 is 2.25 bits per heavy atom. The number of benzene rings is 1. The second-order valence-electron chi connectivity index (χ2n) is 6.85. The SMILES string of the molecule is CCCCCCCCCCn1ccnc1CCCc1ccccc1. The number of rotatable bonds is 13. The van der Waals surface area contributed by atoms with Crippen molar-refractivity contribution in [2.24, 2.45) is 0 Å². The Bertz CT molecular complexity index is 530. The van der Waals surface area contributed by atoms with Crippen LogP contribution in [0.4, 0.5) is 0 Å². The molecule has 0 bridgehead atoms. The van der Waals surface area contributed by atoms with Gasteiger partial charge < -0.3 is 4.57 Å². The van der Waals surface area contributed by atoms with Crippen molar-refractivity contribution in [3.8, 4) is 0 Å². The van der Waals surface area contributed by atoms with E-state index in [2.05, 4.69) is 53.0 Å². The average molecular weight is 327 g/mol. The van der Waals surface area contributed by atoms with Crippen LogP contribution in [0.25, 0.3) is 0 Å². The van der Waals surface area contributed by atoms with Crippen LogP contribution in [0.1, 0.15) is 76.1 Å². The third-order valence-electron chi connectivity index (χ3n) is 4.76. The Hall–Kier alpha value is -1.57. The molecule has 132 valence electrons. The van der Waals surface area contributed by atoms with E-state index in [0.29, 0.717) is 0 Å². The quantitative estimate of drug-likeness (QED) is 0.401. The van der Waals surface area contributed by atoms with Gasteiger partial charge in [0.25, 0.3) is 0 Å². The molecule has 0 aliphatic heterocycles. The van der Waals surface area contributed by atoms with Crippen LogP contribution < -0.4 is 0 Å². The van der Waals surface area contributed by atoms with E-state index in [-0.39, 0.29) is 0 Å². The van der Waals surface area contributed by atoms with E-state index in [4.69, 9.17) is 0 Å². The third-order valence-corrected chi connectivity index (χ3v) is 4.76. The number of aromatic nitrogens is 2. The molecule has 1 heterocycles. The maximum absolute atomic E-state index is 4.56. The van der Waals surface area contributed by atoms with Gasteiger partial charge in [0.1, 0.15) is 5.82 Å². The first kappa shape index (κ1) is 18.8. The second-order valence-corrected chi connectivity index (χ2v) is 6.85. The maximum Gasteiger partial charge on any atom is 0.108 e. The smallest absolute Gasteiger partial charge is 0.108 e. The maximum atomic E-state index is 4.56. The van der Waals surface area contributed by atoms with Gasteiger partial charge in [-0.2, -0.15) is 0 Å². The summed E-state index contributed by atoms with van der Waals surface area (Å²) in [5.41, 5.74) is 1.43. The Kier molecular flexibility index (Phi) is 9.29. The van der Waals surface area contributed by atoms with Crippen molar-refractivity contribution in [2.75, 3.05) is 0 Å². The predicted molar refractivity (Wildman–Crippen MR) is 103 cm³/mol. The van der Waals surface area contributed by atoms with E-state index < -0.39 is 0 Å². The van der Waals surface area contributed by atoms with Crippen LogP contribution in [0, 0.1) is 0 Å². The Morgan fingerprint density at radius 2 is 1.50 bits per heavy atom. The molecule has 0 saturated heterocycles. The van der Waals surface area contributed by atoms with Gasteiger partial charge >= 0.3 is 0 Å². The lowest BCUT2D eigenvalue weighted by Crippen LogP contribution is -2.04. The molecule has 0 amide bonds. The highest BCUT2D eigenvalue weighted by Gasteiger charge is 2.03. The summed E-state index contributed by atoms with van der Waals surface area (Å²) in [5.74, 6) is 1.26. The third kappa shape index (κ3) is 7.33. The summed E-state index contributed by atoms with van der Waals surface area (Å²) in [5, 5.41) is 0. The first-order valence-electron chi connectivity index (χ1n) is 9.94. The van der Waals surface area contributed by atoms with Crippen LogP contribution in [-0.2, 0) is 19.4 Å². The second kappa shape index (κ2) is 11.9. The van der Waals surface area contributed by atoms with E-state index >= 15 is 0 Å². The van der Waals surface area contributed by atoms with E-state index in [9.17, 15) is 0 Å². The largest absolute Gasteiger partial charge is 0.335 e. The summed E-state index contributed by atoms with van der Waals surface area (Å²) in [6.07, 6.45) is 18.5. The van der Waals surface area contributed by atoms with Gasteiger partial charge in [-0.25, -0.2) is 4.98 Å². The topological polar surface area (TPSA) is 17.8 Å². The summed E-state index contributed by atoms with van der Waals surface area (Å²) in [4.78, 5) is 4.56. The van der Waals surface area contributed by atoms with Crippen molar-refractivity contribution >= 4 is 0 Å². The zero-order valence-electron chi connectivity index (χ0n) is 15.4. The van der Waals surface area contributed by atoms with Gasteiger partial charge in [0.2, 0.25) is 0 Å². The van der Waals surface area contributed by atoms with Crippen molar-refractivity contribution in [1.29, 1.82) is 0 Å². The fraction of sp³-hybridized carbons (Fsp3) is 0.591. The molecule has 2 nitrogen and oxygen atoms in total.